The molecular weight excluding hydrogens is 216 g/mol. The van der Waals surface area contributed by atoms with E-state index in [2.05, 4.69) is 0 Å². The molecule has 1 aliphatic heterocycles. The fourth-order valence-corrected chi connectivity index (χ4v) is 2.54. The third-order valence-corrected chi connectivity index (χ3v) is 3.52. The van der Waals surface area contributed by atoms with Crippen LogP contribution in [-0.2, 0) is 14.2 Å². The van der Waals surface area contributed by atoms with Gasteiger partial charge in [-0.15, -0.1) is 11.8 Å². The second-order valence-electron chi connectivity index (χ2n) is 3.26. The van der Waals surface area contributed by atoms with E-state index in [9.17, 15) is 5.11 Å². The largest absolute Gasteiger partial charge is 0.367 e. The van der Waals surface area contributed by atoms with Crippen LogP contribution >= 0.6 is 11.8 Å². The van der Waals surface area contributed by atoms with E-state index in [1.54, 1.807) is 11.8 Å². The van der Waals surface area contributed by atoms with Crippen LogP contribution in [0, 0.1) is 0 Å². The Morgan fingerprint density at radius 2 is 2.07 bits per heavy atom. The summed E-state index contributed by atoms with van der Waals surface area (Å²) >= 11 is 1.66. The number of hydrogen-bond acceptors (Lipinski definition) is 5. The third kappa shape index (κ3) is 4.70. The van der Waals surface area contributed by atoms with Crippen molar-refractivity contribution < 1.29 is 19.3 Å². The van der Waals surface area contributed by atoms with Gasteiger partial charge in [0.15, 0.2) is 12.6 Å². The topological polar surface area (TPSA) is 47.9 Å². The minimum atomic E-state index is -0.626. The zero-order chi connectivity index (χ0) is 11.1. The van der Waals surface area contributed by atoms with E-state index in [1.165, 1.54) is 0 Å². The molecule has 0 aromatic rings. The quantitative estimate of drug-likeness (QED) is 0.674. The summed E-state index contributed by atoms with van der Waals surface area (Å²) in [4.78, 5) is 0. The number of hydrogen-bond donors (Lipinski definition) is 1. The highest BCUT2D eigenvalue weighted by atomic mass is 32.2. The van der Waals surface area contributed by atoms with Crippen LogP contribution in [0.1, 0.15) is 20.3 Å². The lowest BCUT2D eigenvalue weighted by Gasteiger charge is -2.19. The van der Waals surface area contributed by atoms with Crippen molar-refractivity contribution in [2.45, 2.75) is 38.1 Å². The molecule has 0 aromatic carbocycles. The SMILES string of the molecule is CCOC(CSC1CCOC1O)OCC. The Morgan fingerprint density at radius 1 is 1.40 bits per heavy atom. The first kappa shape index (κ1) is 13.3. The molecule has 15 heavy (non-hydrogen) atoms. The van der Waals surface area contributed by atoms with Crippen LogP contribution in [-0.4, -0.2) is 48.5 Å². The first-order chi connectivity index (χ1) is 7.27. The normalized spacial score (nSPS) is 26.4. The van der Waals surface area contributed by atoms with Crippen molar-refractivity contribution in [3.05, 3.63) is 0 Å². The summed E-state index contributed by atoms with van der Waals surface area (Å²) in [5.41, 5.74) is 0. The molecular formula is C10H20O4S. The molecule has 1 rings (SSSR count). The molecule has 0 aromatic heterocycles. The molecule has 0 saturated carbocycles. The lowest BCUT2D eigenvalue weighted by molar-refractivity contribution is -0.120. The van der Waals surface area contributed by atoms with Crippen LogP contribution in [0.2, 0.25) is 0 Å². The zero-order valence-electron chi connectivity index (χ0n) is 9.35. The van der Waals surface area contributed by atoms with Gasteiger partial charge in [-0.2, -0.15) is 0 Å². The summed E-state index contributed by atoms with van der Waals surface area (Å²) in [6.45, 7) is 5.84. The smallest absolute Gasteiger partial charge is 0.166 e. The van der Waals surface area contributed by atoms with Crippen molar-refractivity contribution in [3.63, 3.8) is 0 Å². The van der Waals surface area contributed by atoms with Gasteiger partial charge >= 0.3 is 0 Å². The minimum absolute atomic E-state index is 0.161. The Bertz CT molecular complexity index is 162. The molecule has 1 saturated heterocycles. The summed E-state index contributed by atoms with van der Waals surface area (Å²) in [7, 11) is 0. The van der Waals surface area contributed by atoms with Crippen LogP contribution in [0.3, 0.4) is 0 Å². The van der Waals surface area contributed by atoms with Crippen molar-refractivity contribution in [1.82, 2.24) is 0 Å². The molecule has 1 aliphatic rings. The Kier molecular flexibility index (Phi) is 6.59. The molecule has 1 fully saturated rings. The van der Waals surface area contributed by atoms with Crippen molar-refractivity contribution >= 4 is 11.8 Å². The van der Waals surface area contributed by atoms with E-state index in [-0.39, 0.29) is 11.5 Å². The predicted molar refractivity (Wildman–Crippen MR) is 59.9 cm³/mol. The molecule has 4 nitrogen and oxygen atoms in total. The highest BCUT2D eigenvalue weighted by Gasteiger charge is 2.27. The molecule has 0 radical (unpaired) electrons. The van der Waals surface area contributed by atoms with Gasteiger partial charge in [-0.1, -0.05) is 0 Å². The van der Waals surface area contributed by atoms with E-state index >= 15 is 0 Å². The van der Waals surface area contributed by atoms with Crippen molar-refractivity contribution in [3.8, 4) is 0 Å². The van der Waals surface area contributed by atoms with Gasteiger partial charge in [-0.25, -0.2) is 0 Å². The van der Waals surface area contributed by atoms with Crippen LogP contribution in [0.5, 0.6) is 0 Å². The maximum absolute atomic E-state index is 9.44. The predicted octanol–water partition coefficient (Wildman–Crippen LogP) is 1.23. The maximum Gasteiger partial charge on any atom is 0.166 e. The highest BCUT2D eigenvalue weighted by Crippen LogP contribution is 2.26. The molecule has 1 heterocycles. The highest BCUT2D eigenvalue weighted by molar-refractivity contribution is 8.00. The van der Waals surface area contributed by atoms with Gasteiger partial charge in [0.1, 0.15) is 0 Å². The Hall–Kier alpha value is 0.190. The fraction of sp³-hybridized carbons (Fsp3) is 1.00. The van der Waals surface area contributed by atoms with Crippen molar-refractivity contribution in [2.24, 2.45) is 0 Å². The summed E-state index contributed by atoms with van der Waals surface area (Å²) in [5, 5.41) is 9.60. The van der Waals surface area contributed by atoms with Gasteiger partial charge < -0.3 is 19.3 Å². The number of aliphatic hydroxyl groups excluding tert-OH is 1. The van der Waals surface area contributed by atoms with Crippen LogP contribution < -0.4 is 0 Å². The molecule has 1 N–H and O–H groups in total. The molecule has 2 unspecified atom stereocenters. The van der Waals surface area contributed by atoms with Gasteiger partial charge in [-0.05, 0) is 20.3 Å². The fourth-order valence-electron chi connectivity index (χ4n) is 1.44. The van der Waals surface area contributed by atoms with Gasteiger partial charge in [0.2, 0.25) is 0 Å². The first-order valence-corrected chi connectivity index (χ1v) is 6.47. The average Bonchev–Trinajstić information content (AvgIpc) is 2.61. The molecule has 0 bridgehead atoms. The number of thioether (sulfide) groups is 1. The summed E-state index contributed by atoms with van der Waals surface area (Å²) in [6, 6.07) is 0. The lowest BCUT2D eigenvalue weighted by Crippen LogP contribution is -2.24. The van der Waals surface area contributed by atoms with Crippen molar-refractivity contribution in [2.75, 3.05) is 25.6 Å². The first-order valence-electron chi connectivity index (χ1n) is 5.42. The molecule has 90 valence electrons. The molecule has 0 amide bonds. The van der Waals surface area contributed by atoms with E-state index in [4.69, 9.17) is 14.2 Å². The summed E-state index contributed by atoms with van der Waals surface area (Å²) < 4.78 is 15.9. The Balaban J connectivity index is 2.19. The van der Waals surface area contributed by atoms with Gasteiger partial charge in [-0.3, -0.25) is 0 Å². The van der Waals surface area contributed by atoms with E-state index in [0.29, 0.717) is 19.8 Å². The van der Waals surface area contributed by atoms with Gasteiger partial charge in [0.25, 0.3) is 0 Å². The maximum atomic E-state index is 9.44. The minimum Gasteiger partial charge on any atom is -0.367 e. The molecule has 2 atom stereocenters. The average molecular weight is 236 g/mol. The van der Waals surface area contributed by atoms with Crippen molar-refractivity contribution in [1.29, 1.82) is 0 Å². The van der Waals surface area contributed by atoms with E-state index in [1.807, 2.05) is 13.8 Å². The Labute approximate surface area is 95.3 Å². The Morgan fingerprint density at radius 3 is 2.53 bits per heavy atom. The second-order valence-corrected chi connectivity index (χ2v) is 4.53. The standard InChI is InChI=1S/C10H20O4S/c1-3-12-9(13-4-2)7-15-8-5-6-14-10(8)11/h8-11H,3-7H2,1-2H3. The van der Waals surface area contributed by atoms with Crippen LogP contribution in [0.15, 0.2) is 0 Å². The number of rotatable bonds is 7. The zero-order valence-corrected chi connectivity index (χ0v) is 10.2. The summed E-state index contributed by atoms with van der Waals surface area (Å²) in [5.74, 6) is 0.743. The molecule has 0 spiro atoms. The number of aliphatic hydroxyl groups is 1. The van der Waals surface area contributed by atoms with Crippen LogP contribution in [0.4, 0.5) is 0 Å². The number of ether oxygens (including phenoxy) is 3. The lowest BCUT2D eigenvalue weighted by atomic mass is 10.3. The second kappa shape index (κ2) is 7.46. The van der Waals surface area contributed by atoms with E-state index < -0.39 is 6.29 Å². The monoisotopic (exact) mass is 236 g/mol. The van der Waals surface area contributed by atoms with Gasteiger partial charge in [0, 0.05) is 19.0 Å². The molecule has 0 aliphatic carbocycles. The van der Waals surface area contributed by atoms with Crippen LogP contribution in [0.25, 0.3) is 0 Å². The molecule has 5 heteroatoms. The van der Waals surface area contributed by atoms with Gasteiger partial charge in [0.05, 0.1) is 11.9 Å². The third-order valence-electron chi connectivity index (χ3n) is 2.16. The van der Waals surface area contributed by atoms with E-state index in [0.717, 1.165) is 12.2 Å². The summed E-state index contributed by atoms with van der Waals surface area (Å²) in [6.07, 6.45) is 0.105.